The van der Waals surface area contributed by atoms with Crippen molar-refractivity contribution in [2.75, 3.05) is 13.0 Å². The number of phenols is 1. The summed E-state index contributed by atoms with van der Waals surface area (Å²) < 4.78 is 31.9. The van der Waals surface area contributed by atoms with E-state index in [0.717, 1.165) is 11.1 Å². The van der Waals surface area contributed by atoms with Crippen LogP contribution >= 0.6 is 0 Å². The Morgan fingerprint density at radius 1 is 1.40 bits per heavy atom. The molecule has 2 saturated carbocycles. The molecule has 5 heteroatoms. The fraction of sp³-hybridized carbons (Fsp3) is 0.650. The highest BCUT2D eigenvalue weighted by Gasteiger charge is 2.73. The number of hydrogen-bond donors (Lipinski definition) is 2. The van der Waals surface area contributed by atoms with E-state index < -0.39 is 35.6 Å². The van der Waals surface area contributed by atoms with Gasteiger partial charge in [0, 0.05) is 28.6 Å². The smallest absolute Gasteiger partial charge is 0.174 e. The van der Waals surface area contributed by atoms with Crippen LogP contribution in [0.2, 0.25) is 0 Å². The Bertz CT molecular complexity index is 932. The molecule has 2 bridgehead atoms. The second-order valence-corrected chi connectivity index (χ2v) is 8.19. The molecular formula is C20H23NO4. The van der Waals surface area contributed by atoms with Crippen molar-refractivity contribution in [3.05, 3.63) is 23.3 Å². The standard InChI is InChI=1S/C20H23NO4/c22-13-4-3-12-9-15-20(24)6-5-14(23)18-19(20,16(12)17(13)25-18)7-8-21(15)10-11-1-2-11/h3-4,11,15,18,22,24H,1-2,5-10H2/t15-,18+,19+,20-/m1/s1/i10D2,11D. The molecule has 1 aromatic rings. The fourth-order valence-electron chi connectivity index (χ4n) is 5.84. The van der Waals surface area contributed by atoms with Gasteiger partial charge in [-0.05, 0) is 56.2 Å². The number of Topliss-reactive ketones (excluding diaryl/α,β-unsaturated/α-hetero) is 1. The molecule has 3 aliphatic carbocycles. The first-order valence-electron chi connectivity index (χ1n) is 10.7. The molecule has 6 rings (SSSR count). The quantitative estimate of drug-likeness (QED) is 0.851. The highest BCUT2D eigenvalue weighted by Crippen LogP contribution is 2.64. The number of carbonyl (C=O) groups is 1. The molecule has 0 aromatic heterocycles. The summed E-state index contributed by atoms with van der Waals surface area (Å²) in [5, 5.41) is 22.4. The van der Waals surface area contributed by atoms with E-state index in [-0.39, 0.29) is 24.4 Å². The van der Waals surface area contributed by atoms with Gasteiger partial charge in [0.2, 0.25) is 0 Å². The van der Waals surface area contributed by atoms with Crippen LogP contribution in [0.25, 0.3) is 0 Å². The third-order valence-electron chi connectivity index (χ3n) is 7.06. The van der Waals surface area contributed by atoms with E-state index >= 15 is 0 Å². The van der Waals surface area contributed by atoms with E-state index in [9.17, 15) is 15.0 Å². The number of carbonyl (C=O) groups excluding carboxylic acids is 1. The van der Waals surface area contributed by atoms with Gasteiger partial charge in [0.1, 0.15) is 0 Å². The maximum absolute atomic E-state index is 12.8. The summed E-state index contributed by atoms with van der Waals surface area (Å²) in [6.07, 6.45) is 1.41. The molecule has 1 aromatic carbocycles. The molecule has 1 spiro atoms. The lowest BCUT2D eigenvalue weighted by Crippen LogP contribution is -2.76. The molecule has 0 unspecified atom stereocenters. The minimum atomic E-state index is -1.84. The number of piperidine rings is 1. The van der Waals surface area contributed by atoms with Gasteiger partial charge in [0.15, 0.2) is 23.4 Å². The molecule has 2 aliphatic heterocycles. The van der Waals surface area contributed by atoms with Gasteiger partial charge in [-0.25, -0.2) is 0 Å². The maximum atomic E-state index is 12.8. The van der Waals surface area contributed by atoms with Crippen molar-refractivity contribution in [3.8, 4) is 11.5 Å². The first-order valence-corrected chi connectivity index (χ1v) is 9.20. The van der Waals surface area contributed by atoms with Crippen molar-refractivity contribution in [3.63, 3.8) is 0 Å². The van der Waals surface area contributed by atoms with Gasteiger partial charge in [-0.15, -0.1) is 0 Å². The summed E-state index contributed by atoms with van der Waals surface area (Å²) in [6.45, 7) is -1.50. The topological polar surface area (TPSA) is 70.0 Å². The van der Waals surface area contributed by atoms with E-state index in [4.69, 9.17) is 8.85 Å². The third kappa shape index (κ3) is 1.56. The van der Waals surface area contributed by atoms with Crippen LogP contribution in [-0.4, -0.2) is 51.7 Å². The number of benzene rings is 1. The van der Waals surface area contributed by atoms with Crippen LogP contribution in [0.4, 0.5) is 0 Å². The lowest BCUT2D eigenvalue weighted by molar-refractivity contribution is -0.188. The predicted octanol–water partition coefficient (Wildman–Crippen LogP) is 1.53. The Kier molecular flexibility index (Phi) is 2.09. The summed E-state index contributed by atoms with van der Waals surface area (Å²) in [7, 11) is 0. The minimum absolute atomic E-state index is 0.0167. The van der Waals surface area contributed by atoms with Crippen LogP contribution in [0, 0.1) is 5.89 Å². The first-order chi connectivity index (χ1) is 13.2. The normalized spacial score (nSPS) is 45.0. The van der Waals surface area contributed by atoms with Crippen LogP contribution in [-0.2, 0) is 16.6 Å². The van der Waals surface area contributed by atoms with Crippen molar-refractivity contribution in [1.82, 2.24) is 4.90 Å². The molecule has 0 amide bonds. The van der Waals surface area contributed by atoms with Crippen molar-refractivity contribution in [1.29, 1.82) is 0 Å². The van der Waals surface area contributed by atoms with Gasteiger partial charge in [0.05, 0.1) is 11.0 Å². The zero-order valence-electron chi connectivity index (χ0n) is 16.9. The summed E-state index contributed by atoms with van der Waals surface area (Å²) in [6, 6.07) is 2.83. The van der Waals surface area contributed by atoms with Crippen LogP contribution in [0.15, 0.2) is 12.1 Å². The van der Waals surface area contributed by atoms with Crippen molar-refractivity contribution in [2.24, 2.45) is 5.89 Å². The van der Waals surface area contributed by atoms with Crippen LogP contribution in [0.1, 0.15) is 47.3 Å². The Labute approximate surface area is 150 Å². The molecular weight excluding hydrogens is 318 g/mol. The number of aliphatic hydroxyl groups is 1. The lowest BCUT2D eigenvalue weighted by atomic mass is 9.49. The minimum Gasteiger partial charge on any atom is -0.504 e. The maximum Gasteiger partial charge on any atom is 0.174 e. The molecule has 25 heavy (non-hydrogen) atoms. The summed E-state index contributed by atoms with van der Waals surface area (Å²) in [5.74, 6) is -0.908. The van der Waals surface area contributed by atoms with Crippen LogP contribution in [0.3, 0.4) is 0 Å². The number of ketones is 1. The zero-order chi connectivity index (χ0) is 19.7. The molecule has 1 saturated heterocycles. The highest BCUT2D eigenvalue weighted by atomic mass is 16.5. The van der Waals surface area contributed by atoms with Crippen molar-refractivity contribution in [2.45, 2.75) is 61.7 Å². The average Bonchev–Trinajstić information content (AvgIpc) is 3.29. The van der Waals surface area contributed by atoms with E-state index in [1.165, 1.54) is 0 Å². The van der Waals surface area contributed by atoms with Crippen molar-refractivity contribution < 1.29 is 23.9 Å². The van der Waals surface area contributed by atoms with Crippen LogP contribution < -0.4 is 4.74 Å². The molecule has 2 heterocycles. The van der Waals surface area contributed by atoms with Gasteiger partial charge in [-0.1, -0.05) is 6.07 Å². The number of likely N-dealkylation sites (tertiary alicyclic amines) is 1. The Morgan fingerprint density at radius 3 is 3.04 bits per heavy atom. The molecule has 3 fully saturated rings. The first kappa shape index (κ1) is 11.9. The van der Waals surface area contributed by atoms with E-state index in [1.54, 1.807) is 17.0 Å². The molecule has 132 valence electrons. The number of rotatable bonds is 2. The second-order valence-electron chi connectivity index (χ2n) is 8.19. The number of ether oxygens (including phenoxy) is 1. The molecule has 4 atom stereocenters. The number of aromatic hydroxyl groups is 1. The van der Waals surface area contributed by atoms with Gasteiger partial charge in [-0.3, -0.25) is 9.69 Å². The number of nitrogens with zero attached hydrogens (tertiary/aromatic N) is 1. The lowest BCUT2D eigenvalue weighted by Gasteiger charge is -2.62. The third-order valence-corrected chi connectivity index (χ3v) is 7.06. The molecule has 2 N–H and O–H groups in total. The number of phenolic OH excluding ortho intramolecular Hbond substituents is 1. The summed E-state index contributed by atoms with van der Waals surface area (Å²) >= 11 is 0. The van der Waals surface area contributed by atoms with Gasteiger partial charge >= 0.3 is 0 Å². The Balaban J connectivity index is 1.58. The Morgan fingerprint density at radius 2 is 2.24 bits per heavy atom. The largest absolute Gasteiger partial charge is 0.504 e. The molecule has 5 nitrogen and oxygen atoms in total. The zero-order valence-corrected chi connectivity index (χ0v) is 13.9. The average molecular weight is 344 g/mol. The van der Waals surface area contributed by atoms with Gasteiger partial charge < -0.3 is 14.9 Å². The summed E-state index contributed by atoms with van der Waals surface area (Å²) in [5.41, 5.74) is -0.624. The Hall–Kier alpha value is -1.59. The monoisotopic (exact) mass is 344 g/mol. The van der Waals surface area contributed by atoms with Crippen molar-refractivity contribution >= 4 is 5.78 Å². The molecule has 5 aliphatic rings. The number of hydrogen-bond acceptors (Lipinski definition) is 5. The van der Waals surface area contributed by atoms with E-state index in [1.807, 2.05) is 0 Å². The highest BCUT2D eigenvalue weighted by molar-refractivity contribution is 5.90. The van der Waals surface area contributed by atoms with E-state index in [2.05, 4.69) is 0 Å². The van der Waals surface area contributed by atoms with Gasteiger partial charge in [-0.2, -0.15) is 0 Å². The van der Waals surface area contributed by atoms with Crippen LogP contribution in [0.5, 0.6) is 11.5 Å². The van der Waals surface area contributed by atoms with Gasteiger partial charge in [0.25, 0.3) is 0 Å². The summed E-state index contributed by atoms with van der Waals surface area (Å²) in [4.78, 5) is 14.5. The van der Waals surface area contributed by atoms with E-state index in [0.29, 0.717) is 38.0 Å². The predicted molar refractivity (Wildman–Crippen MR) is 89.8 cm³/mol. The molecule has 0 radical (unpaired) electrons. The fourth-order valence-corrected chi connectivity index (χ4v) is 5.84. The second kappa shape index (κ2) is 4.38. The SMILES string of the molecule is [2H]C1(C([2H])([2H])N2CC[C@]34c5c6ccc(O)c5O[C@H]3C(=O)CC[C@@]4(O)[C@H]2C6)CC1.